The molecular weight excluding hydrogens is 300 g/mol. The Hall–Kier alpha value is -1.05. The maximum absolute atomic E-state index is 11.6. The van der Waals surface area contributed by atoms with Crippen LogP contribution in [0, 0.1) is 6.92 Å². The van der Waals surface area contributed by atoms with E-state index in [4.69, 9.17) is 0 Å². The van der Waals surface area contributed by atoms with Gasteiger partial charge in [0.1, 0.15) is 5.82 Å². The van der Waals surface area contributed by atoms with Gasteiger partial charge in [-0.05, 0) is 45.2 Å². The standard InChI is InChI=1S/C15H24N4O2S/c1-12-16-8-5-14(17-12)15-4-3-9-19(15)13-6-10-18(11-7-13)22(2,20)21/h5,8,13,15H,3-4,6-7,9-11H2,1-2H3. The zero-order valence-corrected chi connectivity index (χ0v) is 14.1. The summed E-state index contributed by atoms with van der Waals surface area (Å²) < 4.78 is 24.9. The van der Waals surface area contributed by atoms with Crippen LogP contribution in [0.4, 0.5) is 0 Å². The largest absolute Gasteiger partial charge is 0.292 e. The molecule has 2 saturated heterocycles. The summed E-state index contributed by atoms with van der Waals surface area (Å²) in [7, 11) is -3.05. The monoisotopic (exact) mass is 324 g/mol. The van der Waals surface area contributed by atoms with Crippen LogP contribution >= 0.6 is 0 Å². The number of hydrogen-bond donors (Lipinski definition) is 0. The molecule has 122 valence electrons. The maximum Gasteiger partial charge on any atom is 0.211 e. The molecule has 1 unspecified atom stereocenters. The summed E-state index contributed by atoms with van der Waals surface area (Å²) in [4.78, 5) is 11.3. The molecule has 0 aromatic carbocycles. The van der Waals surface area contributed by atoms with Crippen molar-refractivity contribution in [2.24, 2.45) is 0 Å². The molecule has 0 bridgehead atoms. The lowest BCUT2D eigenvalue weighted by molar-refractivity contribution is 0.125. The predicted octanol–water partition coefficient (Wildman–Crippen LogP) is 1.35. The van der Waals surface area contributed by atoms with Crippen molar-refractivity contribution < 1.29 is 8.42 Å². The van der Waals surface area contributed by atoms with E-state index in [9.17, 15) is 8.42 Å². The Morgan fingerprint density at radius 3 is 2.55 bits per heavy atom. The molecule has 3 heterocycles. The van der Waals surface area contributed by atoms with Crippen molar-refractivity contribution in [3.8, 4) is 0 Å². The fraction of sp³-hybridized carbons (Fsp3) is 0.733. The van der Waals surface area contributed by atoms with E-state index in [0.29, 0.717) is 25.2 Å². The van der Waals surface area contributed by atoms with E-state index in [1.807, 2.05) is 19.2 Å². The van der Waals surface area contributed by atoms with Crippen molar-refractivity contribution in [2.75, 3.05) is 25.9 Å². The molecule has 2 aliphatic rings. The van der Waals surface area contributed by atoms with Crippen molar-refractivity contribution in [2.45, 2.75) is 44.7 Å². The average molecular weight is 324 g/mol. The van der Waals surface area contributed by atoms with Gasteiger partial charge in [0.15, 0.2) is 0 Å². The topological polar surface area (TPSA) is 66.4 Å². The van der Waals surface area contributed by atoms with Crippen LogP contribution < -0.4 is 0 Å². The van der Waals surface area contributed by atoms with Crippen LogP contribution in [-0.4, -0.2) is 59.5 Å². The average Bonchev–Trinajstić information content (AvgIpc) is 2.96. The second kappa shape index (κ2) is 6.22. The van der Waals surface area contributed by atoms with Gasteiger partial charge in [-0.25, -0.2) is 22.7 Å². The van der Waals surface area contributed by atoms with E-state index in [0.717, 1.165) is 37.3 Å². The first-order valence-corrected chi connectivity index (χ1v) is 9.80. The molecule has 2 aliphatic heterocycles. The number of nitrogens with zero attached hydrogens (tertiary/aromatic N) is 4. The molecule has 1 aromatic heterocycles. The van der Waals surface area contributed by atoms with E-state index < -0.39 is 10.0 Å². The maximum atomic E-state index is 11.6. The SMILES string of the molecule is Cc1nccc(C2CCCN2C2CCN(S(C)(=O)=O)CC2)n1. The Balaban J connectivity index is 1.70. The smallest absolute Gasteiger partial charge is 0.211 e. The Kier molecular flexibility index (Phi) is 4.47. The van der Waals surface area contributed by atoms with Crippen LogP contribution in [0.5, 0.6) is 0 Å². The first-order chi connectivity index (χ1) is 10.4. The summed E-state index contributed by atoms with van der Waals surface area (Å²) in [6.07, 6.45) is 7.26. The minimum absolute atomic E-state index is 0.358. The second-order valence-corrected chi connectivity index (χ2v) is 8.30. The summed E-state index contributed by atoms with van der Waals surface area (Å²) in [5.74, 6) is 0.816. The third-order valence-electron chi connectivity index (χ3n) is 4.79. The van der Waals surface area contributed by atoms with Gasteiger partial charge < -0.3 is 0 Å². The fourth-order valence-corrected chi connectivity index (χ4v) is 4.58. The van der Waals surface area contributed by atoms with Crippen molar-refractivity contribution in [1.29, 1.82) is 0 Å². The molecule has 6 nitrogen and oxygen atoms in total. The van der Waals surface area contributed by atoms with Gasteiger partial charge >= 0.3 is 0 Å². The van der Waals surface area contributed by atoms with Crippen molar-refractivity contribution in [1.82, 2.24) is 19.2 Å². The lowest BCUT2D eigenvalue weighted by atomic mass is 10.0. The first kappa shape index (κ1) is 15.8. The highest BCUT2D eigenvalue weighted by molar-refractivity contribution is 7.88. The van der Waals surface area contributed by atoms with Crippen LogP contribution in [0.2, 0.25) is 0 Å². The third kappa shape index (κ3) is 3.31. The van der Waals surface area contributed by atoms with Gasteiger partial charge in [0, 0.05) is 25.3 Å². The number of rotatable bonds is 3. The molecule has 2 fully saturated rings. The number of likely N-dealkylation sites (tertiary alicyclic amines) is 1. The van der Waals surface area contributed by atoms with Gasteiger partial charge in [-0.2, -0.15) is 0 Å². The van der Waals surface area contributed by atoms with Gasteiger partial charge in [0.2, 0.25) is 10.0 Å². The molecule has 7 heteroatoms. The molecule has 22 heavy (non-hydrogen) atoms. The Bertz CT molecular complexity index is 626. The number of sulfonamides is 1. The number of hydrogen-bond acceptors (Lipinski definition) is 5. The molecule has 0 amide bonds. The van der Waals surface area contributed by atoms with E-state index in [2.05, 4.69) is 14.9 Å². The minimum Gasteiger partial charge on any atom is -0.292 e. The second-order valence-electron chi connectivity index (χ2n) is 6.32. The molecule has 0 aliphatic carbocycles. The summed E-state index contributed by atoms with van der Waals surface area (Å²) >= 11 is 0. The van der Waals surface area contributed by atoms with Crippen LogP contribution in [0.15, 0.2) is 12.3 Å². The highest BCUT2D eigenvalue weighted by atomic mass is 32.2. The summed E-state index contributed by atoms with van der Waals surface area (Å²) in [5.41, 5.74) is 1.11. The van der Waals surface area contributed by atoms with Gasteiger partial charge in [-0.15, -0.1) is 0 Å². The molecule has 0 spiro atoms. The molecule has 1 atom stereocenters. The van der Waals surface area contributed by atoms with Gasteiger partial charge in [0.05, 0.1) is 18.0 Å². The Labute approximate surface area is 132 Å². The first-order valence-electron chi connectivity index (χ1n) is 7.95. The van der Waals surface area contributed by atoms with Crippen LogP contribution in [0.3, 0.4) is 0 Å². The van der Waals surface area contributed by atoms with E-state index in [-0.39, 0.29) is 0 Å². The molecule has 0 radical (unpaired) electrons. The van der Waals surface area contributed by atoms with Crippen LogP contribution in [0.25, 0.3) is 0 Å². The Morgan fingerprint density at radius 1 is 1.18 bits per heavy atom. The van der Waals surface area contributed by atoms with E-state index in [1.165, 1.54) is 12.7 Å². The number of aryl methyl sites for hydroxylation is 1. The molecular formula is C15H24N4O2S. The molecule has 0 saturated carbocycles. The molecule has 3 rings (SSSR count). The van der Waals surface area contributed by atoms with Gasteiger partial charge in [-0.3, -0.25) is 4.90 Å². The Morgan fingerprint density at radius 2 is 1.91 bits per heavy atom. The van der Waals surface area contributed by atoms with Crippen LogP contribution in [-0.2, 0) is 10.0 Å². The predicted molar refractivity (Wildman–Crippen MR) is 84.9 cm³/mol. The summed E-state index contributed by atoms with van der Waals surface area (Å²) in [6.45, 7) is 4.27. The quantitative estimate of drug-likeness (QED) is 0.839. The zero-order valence-electron chi connectivity index (χ0n) is 13.3. The minimum atomic E-state index is -3.05. The summed E-state index contributed by atoms with van der Waals surface area (Å²) in [6, 6.07) is 2.83. The van der Waals surface area contributed by atoms with Gasteiger partial charge in [0.25, 0.3) is 0 Å². The fourth-order valence-electron chi connectivity index (χ4n) is 3.71. The van der Waals surface area contributed by atoms with Crippen molar-refractivity contribution in [3.63, 3.8) is 0 Å². The molecule has 1 aromatic rings. The lowest BCUT2D eigenvalue weighted by Gasteiger charge is -2.38. The van der Waals surface area contributed by atoms with Crippen LogP contribution in [0.1, 0.15) is 43.2 Å². The molecule has 0 N–H and O–H groups in total. The number of aromatic nitrogens is 2. The lowest BCUT2D eigenvalue weighted by Crippen LogP contribution is -2.46. The highest BCUT2D eigenvalue weighted by Gasteiger charge is 2.35. The van der Waals surface area contributed by atoms with E-state index in [1.54, 1.807) is 4.31 Å². The van der Waals surface area contributed by atoms with Crippen molar-refractivity contribution in [3.05, 3.63) is 23.8 Å². The highest BCUT2D eigenvalue weighted by Crippen LogP contribution is 2.35. The van der Waals surface area contributed by atoms with E-state index >= 15 is 0 Å². The third-order valence-corrected chi connectivity index (χ3v) is 6.10. The number of piperidine rings is 1. The normalized spacial score (nSPS) is 25.6. The summed E-state index contributed by atoms with van der Waals surface area (Å²) in [5, 5.41) is 0. The zero-order chi connectivity index (χ0) is 15.7. The van der Waals surface area contributed by atoms with Crippen molar-refractivity contribution >= 4 is 10.0 Å². The van der Waals surface area contributed by atoms with Gasteiger partial charge in [-0.1, -0.05) is 0 Å².